The largest absolute Gasteiger partial charge is 0.391 e. The number of fused-ring (bicyclic) bond motifs is 4. The van der Waals surface area contributed by atoms with Crippen molar-refractivity contribution in [2.75, 3.05) is 13.2 Å². The molecule has 7 nitrogen and oxygen atoms in total. The van der Waals surface area contributed by atoms with E-state index in [-0.39, 0.29) is 69.2 Å². The van der Waals surface area contributed by atoms with Crippen LogP contribution in [0, 0.1) is 5.92 Å². The van der Waals surface area contributed by atoms with Gasteiger partial charge in [0.25, 0.3) is 0 Å². The third-order valence-electron chi connectivity index (χ3n) is 9.82. The predicted molar refractivity (Wildman–Crippen MR) is 140 cm³/mol. The molecule has 0 spiro atoms. The van der Waals surface area contributed by atoms with Crippen molar-refractivity contribution in [2.45, 2.75) is 129 Å². The van der Waals surface area contributed by atoms with Crippen LogP contribution in [0.15, 0.2) is 0 Å². The number of rotatable bonds is 7. The lowest BCUT2D eigenvalue weighted by Gasteiger charge is -2.56. The van der Waals surface area contributed by atoms with E-state index in [0.717, 1.165) is 0 Å². The van der Waals surface area contributed by atoms with Crippen LogP contribution < -0.4 is 16.0 Å². The molecule has 1 aliphatic heterocycles. The molecule has 6 aliphatic rings. The molecule has 2 bridgehead atoms. The minimum absolute atomic E-state index is 0.0163. The van der Waals surface area contributed by atoms with Crippen LogP contribution in [-0.2, 0) is 14.3 Å². The van der Waals surface area contributed by atoms with Crippen molar-refractivity contribution in [1.82, 2.24) is 16.0 Å². The molecule has 39 heavy (non-hydrogen) atoms. The van der Waals surface area contributed by atoms with Gasteiger partial charge >= 0.3 is 6.18 Å². The molecule has 1 amide bonds. The first-order valence-electron chi connectivity index (χ1n) is 14.2. The lowest BCUT2D eigenvalue weighted by molar-refractivity contribution is -0.185. The van der Waals surface area contributed by atoms with Crippen molar-refractivity contribution in [3.8, 4) is 0 Å². The number of aliphatic hydroxyl groups is 1. The number of hydrogen-bond acceptors (Lipinski definition) is 6. The highest BCUT2D eigenvalue weighted by atomic mass is 35.5. The fourth-order valence-electron chi connectivity index (χ4n) is 7.36. The Hall–Kier alpha value is -0.580. The Kier molecular flexibility index (Phi) is 8.89. The second-order valence-electron chi connectivity index (χ2n) is 12.4. The third kappa shape index (κ3) is 6.59. The van der Waals surface area contributed by atoms with Gasteiger partial charge in [-0.15, -0.1) is 11.6 Å². The summed E-state index contributed by atoms with van der Waals surface area (Å²) in [6.45, 7) is 0.113. The summed E-state index contributed by atoms with van der Waals surface area (Å²) in [6.07, 6.45) is -1.75. The van der Waals surface area contributed by atoms with Gasteiger partial charge in [-0.05, 0) is 77.9 Å². The molecule has 1 saturated heterocycles. The summed E-state index contributed by atoms with van der Waals surface area (Å²) in [5, 5.41) is 19.7. The molecule has 13 heteroatoms. The number of carbonyl (C=O) groups excluding carboxylic acids is 2. The van der Waals surface area contributed by atoms with E-state index in [9.17, 15) is 32.3 Å². The van der Waals surface area contributed by atoms with E-state index >= 15 is 0 Å². The van der Waals surface area contributed by atoms with Gasteiger partial charge in [-0.1, -0.05) is 0 Å². The Morgan fingerprint density at radius 3 is 2.49 bits per heavy atom. The number of hydrogen-bond donors (Lipinski definition) is 4. The maximum absolute atomic E-state index is 13.9. The predicted octanol–water partition coefficient (Wildman–Crippen LogP) is 3.30. The zero-order chi connectivity index (χ0) is 28.0. The topological polar surface area (TPSA) is 99.7 Å². The standard InChI is InChI=1S/C26H39ClF4N3O4P/c27-16-3-2-15(10-17(16)28)38-13-22(36)34-25-7-5-24(6-8-25,11-21(25)35)39-23(37)20-12-32-19-9-14(26(29,30)31)1-4-18(19)33-20/h14-21,32-33,35,39H,1-13H2,(H,34,36)/t14?,15?,16?,17?,18?,19?,20?,21-,24?,25?/m0/s1. The number of alkyl halides is 5. The van der Waals surface area contributed by atoms with Crippen LogP contribution in [0.5, 0.6) is 0 Å². The van der Waals surface area contributed by atoms with Gasteiger partial charge in [-0.3, -0.25) is 9.59 Å². The summed E-state index contributed by atoms with van der Waals surface area (Å²) < 4.78 is 58.9. The Morgan fingerprint density at radius 1 is 1.08 bits per heavy atom. The number of carbonyl (C=O) groups is 2. The molecule has 0 aromatic carbocycles. The van der Waals surface area contributed by atoms with Crippen molar-refractivity contribution >= 4 is 31.6 Å². The number of halogens is 5. The molecule has 5 aliphatic carbocycles. The molecule has 5 saturated carbocycles. The average molecular weight is 600 g/mol. The van der Waals surface area contributed by atoms with E-state index in [4.69, 9.17) is 16.3 Å². The smallest absolute Gasteiger partial charge is 0.391 e. The summed E-state index contributed by atoms with van der Waals surface area (Å²) in [4.78, 5) is 26.0. The normalized spacial score (nSPS) is 44.8. The summed E-state index contributed by atoms with van der Waals surface area (Å²) in [5.74, 6) is -1.63. The van der Waals surface area contributed by atoms with Gasteiger partial charge < -0.3 is 25.8 Å². The van der Waals surface area contributed by atoms with Crippen molar-refractivity contribution in [3.05, 3.63) is 0 Å². The molecule has 8 unspecified atom stereocenters. The Bertz CT molecular complexity index is 922. The van der Waals surface area contributed by atoms with E-state index in [1.54, 1.807) is 0 Å². The third-order valence-corrected chi connectivity index (χ3v) is 12.1. The van der Waals surface area contributed by atoms with E-state index in [1.807, 2.05) is 0 Å². The van der Waals surface area contributed by atoms with Crippen LogP contribution in [0.4, 0.5) is 17.6 Å². The Balaban J connectivity index is 1.09. The molecular weight excluding hydrogens is 561 g/mol. The number of ether oxygens (including phenoxy) is 1. The molecular formula is C26H39ClF4N3O4P. The van der Waals surface area contributed by atoms with Crippen molar-refractivity contribution in [2.24, 2.45) is 5.92 Å². The van der Waals surface area contributed by atoms with Crippen LogP contribution in [0.1, 0.15) is 70.6 Å². The van der Waals surface area contributed by atoms with Crippen molar-refractivity contribution < 1.29 is 37.0 Å². The second-order valence-corrected chi connectivity index (χ2v) is 14.7. The monoisotopic (exact) mass is 599 g/mol. The highest BCUT2D eigenvalue weighted by molar-refractivity contribution is 7.59. The summed E-state index contributed by atoms with van der Waals surface area (Å²) in [7, 11) is -0.0163. The van der Waals surface area contributed by atoms with E-state index in [2.05, 4.69) is 16.0 Å². The van der Waals surface area contributed by atoms with Gasteiger partial charge in [0, 0.05) is 25.0 Å². The lowest BCUT2D eigenvalue weighted by Crippen LogP contribution is -2.67. The number of piperazine rings is 1. The molecule has 1 heterocycles. The van der Waals surface area contributed by atoms with Crippen LogP contribution in [0.25, 0.3) is 0 Å². The SMILES string of the molecule is O=C(COC1CCC(Cl)C(F)C1)NC12CCC(PC(=O)C3CNC4CC(C(F)(F)F)CCC4N3)(CC1)C[C@@H]2O. The first kappa shape index (κ1) is 29.9. The van der Waals surface area contributed by atoms with Gasteiger partial charge in [0.2, 0.25) is 5.91 Å². The highest BCUT2D eigenvalue weighted by Crippen LogP contribution is 2.56. The molecule has 0 aromatic heterocycles. The quantitative estimate of drug-likeness (QED) is 0.204. The maximum atomic E-state index is 13.9. The summed E-state index contributed by atoms with van der Waals surface area (Å²) >= 11 is 5.91. The molecule has 6 fully saturated rings. The van der Waals surface area contributed by atoms with Gasteiger partial charge in [0.1, 0.15) is 12.8 Å². The fourth-order valence-corrected chi connectivity index (χ4v) is 9.27. The second kappa shape index (κ2) is 11.6. The maximum Gasteiger partial charge on any atom is 0.391 e. The lowest BCUT2D eigenvalue weighted by atomic mass is 9.63. The molecule has 9 atom stereocenters. The van der Waals surface area contributed by atoms with Crippen molar-refractivity contribution in [1.29, 1.82) is 0 Å². The first-order chi connectivity index (χ1) is 18.4. The van der Waals surface area contributed by atoms with Gasteiger partial charge in [-0.2, -0.15) is 13.2 Å². The van der Waals surface area contributed by atoms with Crippen molar-refractivity contribution in [3.63, 3.8) is 0 Å². The molecule has 0 aromatic rings. The Labute approximate surface area is 233 Å². The van der Waals surface area contributed by atoms with E-state index in [0.29, 0.717) is 57.9 Å². The van der Waals surface area contributed by atoms with E-state index < -0.39 is 41.3 Å². The van der Waals surface area contributed by atoms with Gasteiger partial charge in [0.05, 0.1) is 35.1 Å². The van der Waals surface area contributed by atoms with Crippen LogP contribution in [0.3, 0.4) is 0 Å². The van der Waals surface area contributed by atoms with E-state index in [1.165, 1.54) is 0 Å². The van der Waals surface area contributed by atoms with Crippen LogP contribution in [-0.4, -0.2) is 88.4 Å². The minimum atomic E-state index is -4.19. The number of nitrogens with one attached hydrogen (secondary N) is 3. The molecule has 0 radical (unpaired) electrons. The molecule has 4 N–H and O–H groups in total. The molecule has 222 valence electrons. The summed E-state index contributed by atoms with van der Waals surface area (Å²) in [6, 6.07) is -0.881. The zero-order valence-electron chi connectivity index (χ0n) is 21.9. The zero-order valence-corrected chi connectivity index (χ0v) is 23.6. The fraction of sp³-hybridized carbons (Fsp3) is 0.923. The number of amides is 1. The van der Waals surface area contributed by atoms with Crippen LogP contribution >= 0.6 is 20.2 Å². The summed E-state index contributed by atoms with van der Waals surface area (Å²) in [5.41, 5.74) is -0.697. The number of aliphatic hydroxyl groups excluding tert-OH is 1. The van der Waals surface area contributed by atoms with Gasteiger partial charge in [0.15, 0.2) is 5.52 Å². The first-order valence-corrected chi connectivity index (χ1v) is 15.6. The van der Waals surface area contributed by atoms with Crippen LogP contribution in [0.2, 0.25) is 0 Å². The average Bonchev–Trinajstić information content (AvgIpc) is 2.89. The highest BCUT2D eigenvalue weighted by Gasteiger charge is 2.56. The van der Waals surface area contributed by atoms with Gasteiger partial charge in [-0.25, -0.2) is 4.39 Å². The Morgan fingerprint density at radius 2 is 1.82 bits per heavy atom. The molecule has 6 rings (SSSR count). The minimum Gasteiger partial charge on any atom is -0.391 e.